The maximum absolute atomic E-state index is 13.3. The lowest BCUT2D eigenvalue weighted by molar-refractivity contribution is -0.168. The van der Waals surface area contributed by atoms with Gasteiger partial charge in [0.2, 0.25) is 6.29 Å². The Morgan fingerprint density at radius 3 is 2.35 bits per heavy atom. The first-order valence-corrected chi connectivity index (χ1v) is 7.99. The van der Waals surface area contributed by atoms with Crippen molar-refractivity contribution >= 4 is 20.1 Å². The monoisotopic (exact) mass is 313 g/mol. The van der Waals surface area contributed by atoms with Crippen LogP contribution in [-0.4, -0.2) is 37.9 Å². The number of alkyl halides is 1. The molecule has 0 aliphatic heterocycles. The molecule has 0 bridgehead atoms. The molecule has 0 rings (SSSR count). The topological polar surface area (TPSA) is 90.9 Å². The Balaban J connectivity index is 3.91. The van der Waals surface area contributed by atoms with Crippen molar-refractivity contribution in [2.24, 2.45) is 5.92 Å². The van der Waals surface area contributed by atoms with Gasteiger partial charge in [-0.3, -0.25) is 14.7 Å². The molecule has 3 atom stereocenters. The van der Waals surface area contributed by atoms with E-state index in [0.717, 1.165) is 0 Å². The van der Waals surface area contributed by atoms with E-state index in [0.29, 0.717) is 0 Å². The third-order valence-electron chi connectivity index (χ3n) is 1.98. The van der Waals surface area contributed by atoms with Gasteiger partial charge < -0.3 is 14.0 Å². The van der Waals surface area contributed by atoms with Crippen LogP contribution in [0.25, 0.3) is 0 Å². The highest BCUT2D eigenvalue weighted by atomic mass is 31.1. The summed E-state index contributed by atoms with van der Waals surface area (Å²) in [6.07, 6.45) is -4.01. The minimum absolute atomic E-state index is 0.0758. The maximum atomic E-state index is 13.3. The first-order valence-electron chi connectivity index (χ1n) is 6.17. The molecule has 0 saturated carbocycles. The Hall–Kier alpha value is -1.14. The second-order valence-electron chi connectivity index (χ2n) is 4.31. The molecule has 0 spiro atoms. The molecule has 1 N–H and O–H groups in total. The SMILES string of the molecule is CC(OC(=O)NC(F)CCO[PH](C)=O)OC(=O)C(C)C. The van der Waals surface area contributed by atoms with Gasteiger partial charge in [-0.1, -0.05) is 13.8 Å². The smallest absolute Gasteiger partial charge is 0.412 e. The van der Waals surface area contributed by atoms with Gasteiger partial charge in [-0.15, -0.1) is 0 Å². The van der Waals surface area contributed by atoms with E-state index in [2.05, 4.69) is 4.74 Å². The van der Waals surface area contributed by atoms with Crippen molar-refractivity contribution in [3.8, 4) is 0 Å². The zero-order valence-corrected chi connectivity index (χ0v) is 13.0. The molecule has 0 fully saturated rings. The Bertz CT molecular complexity index is 352. The van der Waals surface area contributed by atoms with Gasteiger partial charge in [-0.2, -0.15) is 0 Å². The van der Waals surface area contributed by atoms with Crippen LogP contribution in [0.2, 0.25) is 0 Å². The predicted octanol–water partition coefficient (Wildman–Crippen LogP) is 2.06. The van der Waals surface area contributed by atoms with Crippen LogP contribution in [0.15, 0.2) is 0 Å². The number of carbonyl (C=O) groups is 2. The number of carbonyl (C=O) groups excluding carboxylic acids is 2. The van der Waals surface area contributed by atoms with Gasteiger partial charge in [0.1, 0.15) is 0 Å². The lowest BCUT2D eigenvalue weighted by Crippen LogP contribution is -2.36. The van der Waals surface area contributed by atoms with E-state index in [-0.39, 0.29) is 18.9 Å². The molecule has 118 valence electrons. The number of amides is 1. The van der Waals surface area contributed by atoms with E-state index in [1.807, 2.05) is 5.32 Å². The molecule has 0 aliphatic rings. The van der Waals surface area contributed by atoms with Crippen molar-refractivity contribution in [2.45, 2.75) is 39.8 Å². The summed E-state index contributed by atoms with van der Waals surface area (Å²) in [7, 11) is -2.12. The summed E-state index contributed by atoms with van der Waals surface area (Å²) in [5.74, 6) is -0.879. The Morgan fingerprint density at radius 1 is 1.25 bits per heavy atom. The van der Waals surface area contributed by atoms with Crippen LogP contribution in [0.1, 0.15) is 27.2 Å². The molecular formula is C11H21FNO6P. The van der Waals surface area contributed by atoms with E-state index in [1.165, 1.54) is 13.6 Å². The third kappa shape index (κ3) is 9.75. The molecular weight excluding hydrogens is 292 g/mol. The molecule has 0 aromatic carbocycles. The summed E-state index contributed by atoms with van der Waals surface area (Å²) in [6, 6.07) is 0. The van der Waals surface area contributed by atoms with Crippen LogP contribution in [-0.2, 0) is 23.4 Å². The van der Waals surface area contributed by atoms with Gasteiger partial charge in [0.15, 0.2) is 14.3 Å². The molecule has 0 radical (unpaired) electrons. The van der Waals surface area contributed by atoms with Crippen LogP contribution in [0.4, 0.5) is 9.18 Å². The van der Waals surface area contributed by atoms with Crippen molar-refractivity contribution in [3.63, 3.8) is 0 Å². The van der Waals surface area contributed by atoms with Crippen molar-refractivity contribution in [2.75, 3.05) is 13.3 Å². The summed E-state index contributed by atoms with van der Waals surface area (Å²) in [6.45, 7) is 5.91. The van der Waals surface area contributed by atoms with E-state index >= 15 is 0 Å². The normalized spacial score (nSPS) is 15.3. The highest BCUT2D eigenvalue weighted by molar-refractivity contribution is 7.38. The summed E-state index contributed by atoms with van der Waals surface area (Å²) in [5.41, 5.74) is 0. The highest BCUT2D eigenvalue weighted by Crippen LogP contribution is 2.15. The van der Waals surface area contributed by atoms with Gasteiger partial charge in [-0.25, -0.2) is 9.18 Å². The first kappa shape index (κ1) is 18.9. The maximum Gasteiger partial charge on any atom is 0.412 e. The Kier molecular flexibility index (Phi) is 9.16. The van der Waals surface area contributed by atoms with Crippen molar-refractivity contribution in [1.29, 1.82) is 0 Å². The van der Waals surface area contributed by atoms with Crippen molar-refractivity contribution < 1.29 is 32.5 Å². The molecule has 1 amide bonds. The number of hydrogen-bond donors (Lipinski definition) is 1. The van der Waals surface area contributed by atoms with Gasteiger partial charge in [-0.05, 0) is 0 Å². The minimum atomic E-state index is -2.12. The van der Waals surface area contributed by atoms with Crippen molar-refractivity contribution in [3.05, 3.63) is 0 Å². The largest absolute Gasteiger partial charge is 0.425 e. The number of hydrogen-bond acceptors (Lipinski definition) is 6. The number of esters is 1. The lowest BCUT2D eigenvalue weighted by atomic mass is 10.2. The summed E-state index contributed by atoms with van der Waals surface area (Å²) in [5, 5.41) is 1.90. The minimum Gasteiger partial charge on any atom is -0.425 e. The molecule has 0 heterocycles. The molecule has 3 unspecified atom stereocenters. The Labute approximate surface area is 118 Å². The van der Waals surface area contributed by atoms with Crippen LogP contribution in [0.3, 0.4) is 0 Å². The van der Waals surface area contributed by atoms with E-state index < -0.39 is 32.7 Å². The number of rotatable bonds is 8. The van der Waals surface area contributed by atoms with Crippen LogP contribution in [0, 0.1) is 5.92 Å². The molecule has 0 aromatic heterocycles. The average molecular weight is 313 g/mol. The fourth-order valence-corrected chi connectivity index (χ4v) is 1.42. The van der Waals surface area contributed by atoms with Crippen molar-refractivity contribution in [1.82, 2.24) is 5.32 Å². The second-order valence-corrected chi connectivity index (χ2v) is 5.58. The summed E-state index contributed by atoms with van der Waals surface area (Å²) >= 11 is 0. The first-order chi connectivity index (χ1) is 9.22. The van der Waals surface area contributed by atoms with E-state index in [9.17, 15) is 18.5 Å². The van der Waals surface area contributed by atoms with Gasteiger partial charge in [0.05, 0.1) is 12.5 Å². The molecule has 0 saturated heterocycles. The molecule has 0 aliphatic carbocycles. The lowest BCUT2D eigenvalue weighted by Gasteiger charge is -2.17. The number of ether oxygens (including phenoxy) is 2. The van der Waals surface area contributed by atoms with Crippen LogP contribution >= 0.6 is 8.03 Å². The van der Waals surface area contributed by atoms with E-state index in [1.54, 1.807) is 13.8 Å². The average Bonchev–Trinajstić information content (AvgIpc) is 2.27. The van der Waals surface area contributed by atoms with E-state index in [4.69, 9.17) is 9.26 Å². The second kappa shape index (κ2) is 9.72. The molecule has 20 heavy (non-hydrogen) atoms. The van der Waals surface area contributed by atoms with Crippen LogP contribution in [0.5, 0.6) is 0 Å². The number of alkyl carbamates (subject to hydrolysis) is 1. The quantitative estimate of drug-likeness (QED) is 0.319. The third-order valence-corrected chi connectivity index (χ3v) is 2.59. The van der Waals surface area contributed by atoms with Crippen LogP contribution < -0.4 is 5.32 Å². The molecule has 7 nitrogen and oxygen atoms in total. The Morgan fingerprint density at radius 2 is 1.85 bits per heavy atom. The fraction of sp³-hybridized carbons (Fsp3) is 0.818. The van der Waals surface area contributed by atoms with Gasteiger partial charge in [0.25, 0.3) is 0 Å². The number of nitrogens with one attached hydrogen (secondary N) is 1. The highest BCUT2D eigenvalue weighted by Gasteiger charge is 2.18. The standard InChI is InChI=1S/C11H21FNO6P/c1-7(2)10(14)18-8(3)19-11(15)13-9(12)5-6-17-20(4)16/h7-9,20H,5-6H2,1-4H3,(H,13,15). The molecule has 9 heteroatoms. The zero-order chi connectivity index (χ0) is 15.7. The predicted molar refractivity (Wildman–Crippen MR) is 70.4 cm³/mol. The fourth-order valence-electron chi connectivity index (χ4n) is 1.01. The molecule has 0 aromatic rings. The number of halogens is 1. The summed E-state index contributed by atoms with van der Waals surface area (Å²) < 4.78 is 38.0. The zero-order valence-electron chi connectivity index (χ0n) is 12.0. The summed E-state index contributed by atoms with van der Waals surface area (Å²) in [4.78, 5) is 22.5. The van der Waals surface area contributed by atoms with Gasteiger partial charge >= 0.3 is 12.1 Å². The van der Waals surface area contributed by atoms with Gasteiger partial charge in [0, 0.05) is 20.0 Å².